The number of rotatable bonds is 4. The minimum absolute atomic E-state index is 0.0269. The summed E-state index contributed by atoms with van der Waals surface area (Å²) in [5, 5.41) is 18.8. The van der Waals surface area contributed by atoms with Gasteiger partial charge in [0, 0.05) is 12.5 Å². The molecule has 1 fully saturated rings. The van der Waals surface area contributed by atoms with Crippen LogP contribution in [0.25, 0.3) is 0 Å². The number of amides is 1. The number of carbonyl (C=O) groups is 1. The van der Waals surface area contributed by atoms with Gasteiger partial charge in [0.2, 0.25) is 0 Å². The number of likely N-dealkylation sites (tertiary alicyclic amines) is 1. The Labute approximate surface area is 90.2 Å². The average Bonchev–Trinajstić information content (AvgIpc) is 2.73. The Hall–Kier alpha value is -0.870. The zero-order valence-corrected chi connectivity index (χ0v) is 9.09. The Kier molecular flexibility index (Phi) is 4.29. The molecule has 4 heteroatoms. The van der Waals surface area contributed by atoms with E-state index in [1.54, 1.807) is 17.9 Å². The lowest BCUT2D eigenvalue weighted by atomic mass is 10.0. The molecule has 0 bridgehead atoms. The van der Waals surface area contributed by atoms with E-state index in [9.17, 15) is 9.90 Å². The minimum Gasteiger partial charge on any atom is -0.394 e. The van der Waals surface area contributed by atoms with Crippen molar-refractivity contribution in [2.75, 3.05) is 13.2 Å². The van der Waals surface area contributed by atoms with Crippen molar-refractivity contribution in [2.45, 2.75) is 31.9 Å². The molecule has 0 aliphatic carbocycles. The van der Waals surface area contributed by atoms with Gasteiger partial charge in [0.05, 0.1) is 12.6 Å². The number of nitrogens with zero attached hydrogens (tertiary/aromatic N) is 1. The van der Waals surface area contributed by atoms with Gasteiger partial charge in [0.15, 0.2) is 0 Å². The Morgan fingerprint density at radius 1 is 1.73 bits per heavy atom. The summed E-state index contributed by atoms with van der Waals surface area (Å²) in [5.41, 5.74) is 0. The highest BCUT2D eigenvalue weighted by atomic mass is 16.3. The predicted molar refractivity (Wildman–Crippen MR) is 57.2 cm³/mol. The molecule has 15 heavy (non-hydrogen) atoms. The van der Waals surface area contributed by atoms with Crippen LogP contribution in [0, 0.1) is 5.92 Å². The fourth-order valence-electron chi connectivity index (χ4n) is 1.84. The summed E-state index contributed by atoms with van der Waals surface area (Å²) in [6.07, 6.45) is 2.24. The van der Waals surface area contributed by atoms with Crippen LogP contribution in [0.2, 0.25) is 0 Å². The van der Waals surface area contributed by atoms with Crippen molar-refractivity contribution in [1.29, 1.82) is 0 Å². The molecule has 1 heterocycles. The van der Waals surface area contributed by atoms with Crippen molar-refractivity contribution in [1.82, 2.24) is 4.90 Å². The first-order valence-corrected chi connectivity index (χ1v) is 5.33. The summed E-state index contributed by atoms with van der Waals surface area (Å²) >= 11 is 0. The van der Waals surface area contributed by atoms with Crippen LogP contribution in [0.15, 0.2) is 12.7 Å². The topological polar surface area (TPSA) is 60.8 Å². The average molecular weight is 213 g/mol. The summed E-state index contributed by atoms with van der Waals surface area (Å²) in [5.74, 6) is -0.545. The number of aliphatic hydroxyl groups is 2. The van der Waals surface area contributed by atoms with E-state index in [1.165, 1.54) is 0 Å². The summed E-state index contributed by atoms with van der Waals surface area (Å²) in [6.45, 7) is 5.90. The van der Waals surface area contributed by atoms with Crippen LogP contribution in [-0.2, 0) is 4.79 Å². The fraction of sp³-hybridized carbons (Fsp3) is 0.727. The molecule has 86 valence electrons. The summed E-state index contributed by atoms with van der Waals surface area (Å²) in [4.78, 5) is 13.4. The van der Waals surface area contributed by atoms with Gasteiger partial charge in [-0.15, -0.1) is 6.58 Å². The lowest BCUT2D eigenvalue weighted by molar-refractivity contribution is -0.143. The molecule has 1 saturated heterocycles. The third-order valence-electron chi connectivity index (χ3n) is 2.99. The molecule has 0 spiro atoms. The van der Waals surface area contributed by atoms with E-state index in [2.05, 4.69) is 6.58 Å². The summed E-state index contributed by atoms with van der Waals surface area (Å²) in [6, 6.07) is -0.121. The molecular weight excluding hydrogens is 194 g/mol. The molecule has 0 aromatic heterocycles. The molecular formula is C11H19NO3. The lowest BCUT2D eigenvalue weighted by Gasteiger charge is -2.27. The second-order valence-electron chi connectivity index (χ2n) is 4.05. The van der Waals surface area contributed by atoms with Crippen molar-refractivity contribution in [2.24, 2.45) is 5.92 Å². The van der Waals surface area contributed by atoms with E-state index in [0.29, 0.717) is 6.54 Å². The highest BCUT2D eigenvalue weighted by Gasteiger charge is 2.33. The van der Waals surface area contributed by atoms with E-state index in [-0.39, 0.29) is 24.5 Å². The Morgan fingerprint density at radius 2 is 2.40 bits per heavy atom. The van der Waals surface area contributed by atoms with Crippen molar-refractivity contribution in [3.05, 3.63) is 12.7 Å². The van der Waals surface area contributed by atoms with Crippen molar-refractivity contribution >= 4 is 5.91 Å². The van der Waals surface area contributed by atoms with E-state index in [0.717, 1.165) is 12.8 Å². The van der Waals surface area contributed by atoms with Gasteiger partial charge in [0.1, 0.15) is 6.10 Å². The Morgan fingerprint density at radius 3 is 2.93 bits per heavy atom. The fourth-order valence-corrected chi connectivity index (χ4v) is 1.84. The van der Waals surface area contributed by atoms with Crippen molar-refractivity contribution in [3.8, 4) is 0 Å². The predicted octanol–water partition coefficient (Wildman–Crippen LogP) is 0.153. The van der Waals surface area contributed by atoms with Crippen molar-refractivity contribution < 1.29 is 15.0 Å². The molecule has 0 unspecified atom stereocenters. The highest BCUT2D eigenvalue weighted by Crippen LogP contribution is 2.19. The molecule has 0 radical (unpaired) electrons. The third kappa shape index (κ3) is 2.58. The molecule has 4 nitrogen and oxygen atoms in total. The summed E-state index contributed by atoms with van der Waals surface area (Å²) < 4.78 is 0. The Balaban J connectivity index is 2.62. The normalized spacial score (nSPS) is 25.0. The first-order chi connectivity index (χ1) is 7.11. The summed E-state index contributed by atoms with van der Waals surface area (Å²) in [7, 11) is 0. The van der Waals surface area contributed by atoms with E-state index >= 15 is 0 Å². The van der Waals surface area contributed by atoms with Gasteiger partial charge >= 0.3 is 0 Å². The number of carbonyl (C=O) groups excluding carboxylic acids is 1. The molecule has 0 aromatic carbocycles. The van der Waals surface area contributed by atoms with Crippen molar-refractivity contribution in [3.63, 3.8) is 0 Å². The molecule has 1 rings (SSSR count). The molecule has 3 atom stereocenters. The van der Waals surface area contributed by atoms with Gasteiger partial charge < -0.3 is 15.1 Å². The monoisotopic (exact) mass is 213 g/mol. The SMILES string of the molecule is C=C[C@H](C)[C@@H](O)C(=O)N1CCC[C@H]1CO. The van der Waals surface area contributed by atoms with Gasteiger partial charge in [-0.1, -0.05) is 13.0 Å². The van der Waals surface area contributed by atoms with E-state index in [1.807, 2.05) is 0 Å². The molecule has 2 N–H and O–H groups in total. The molecule has 1 amide bonds. The molecule has 1 aliphatic heterocycles. The second kappa shape index (κ2) is 5.28. The van der Waals surface area contributed by atoms with E-state index < -0.39 is 6.10 Å². The van der Waals surface area contributed by atoms with Crippen LogP contribution in [-0.4, -0.2) is 46.3 Å². The van der Waals surface area contributed by atoms with Crippen LogP contribution >= 0.6 is 0 Å². The number of hydrogen-bond donors (Lipinski definition) is 2. The largest absolute Gasteiger partial charge is 0.394 e. The van der Waals surface area contributed by atoms with Crippen LogP contribution in [0.5, 0.6) is 0 Å². The third-order valence-corrected chi connectivity index (χ3v) is 2.99. The maximum Gasteiger partial charge on any atom is 0.252 e. The standard InChI is InChI=1S/C11H19NO3/c1-3-8(2)10(14)11(15)12-6-4-5-9(12)7-13/h3,8-10,13-14H,1,4-7H2,2H3/t8-,9-,10+/m0/s1. The number of hydrogen-bond acceptors (Lipinski definition) is 3. The highest BCUT2D eigenvalue weighted by molar-refractivity contribution is 5.81. The molecule has 1 aliphatic rings. The molecule has 0 aromatic rings. The number of aliphatic hydroxyl groups excluding tert-OH is 2. The van der Waals surface area contributed by atoms with Crippen LogP contribution in [0.1, 0.15) is 19.8 Å². The van der Waals surface area contributed by atoms with Gasteiger partial charge in [-0.25, -0.2) is 0 Å². The lowest BCUT2D eigenvalue weighted by Crippen LogP contribution is -2.45. The first kappa shape index (κ1) is 12.2. The van der Waals surface area contributed by atoms with Crippen LogP contribution < -0.4 is 0 Å². The van der Waals surface area contributed by atoms with Gasteiger partial charge in [0.25, 0.3) is 5.91 Å². The smallest absolute Gasteiger partial charge is 0.252 e. The van der Waals surface area contributed by atoms with Gasteiger partial charge in [-0.2, -0.15) is 0 Å². The van der Waals surface area contributed by atoms with E-state index in [4.69, 9.17) is 5.11 Å². The van der Waals surface area contributed by atoms with Gasteiger partial charge in [-0.3, -0.25) is 4.79 Å². The quantitative estimate of drug-likeness (QED) is 0.654. The second-order valence-corrected chi connectivity index (χ2v) is 4.05. The zero-order valence-electron chi connectivity index (χ0n) is 9.09. The maximum absolute atomic E-state index is 11.8. The zero-order chi connectivity index (χ0) is 11.4. The minimum atomic E-state index is -1.03. The first-order valence-electron chi connectivity index (χ1n) is 5.33. The maximum atomic E-state index is 11.8. The molecule has 0 saturated carbocycles. The van der Waals surface area contributed by atoms with Crippen LogP contribution in [0.4, 0.5) is 0 Å². The Bertz CT molecular complexity index is 242. The van der Waals surface area contributed by atoms with Crippen LogP contribution in [0.3, 0.4) is 0 Å². The van der Waals surface area contributed by atoms with Gasteiger partial charge in [-0.05, 0) is 12.8 Å².